The van der Waals surface area contributed by atoms with Gasteiger partial charge in [0.15, 0.2) is 0 Å². The highest BCUT2D eigenvalue weighted by molar-refractivity contribution is 5.13. The first-order valence-corrected chi connectivity index (χ1v) is 6.36. The van der Waals surface area contributed by atoms with Crippen LogP contribution in [0.5, 0.6) is 0 Å². The molecular weight excluding hydrogens is 250 g/mol. The highest BCUT2D eigenvalue weighted by atomic mass is 35.5. The maximum absolute atomic E-state index is 9.82. The summed E-state index contributed by atoms with van der Waals surface area (Å²) in [6.07, 6.45) is 2.16. The van der Waals surface area contributed by atoms with E-state index >= 15 is 0 Å². The summed E-state index contributed by atoms with van der Waals surface area (Å²) in [5, 5.41) is 9.82. The number of halogens is 1. The largest absolute Gasteiger partial charge is 1.00 e. The second-order valence-corrected chi connectivity index (χ2v) is 4.66. The Morgan fingerprint density at radius 3 is 2.50 bits per heavy atom. The topological polar surface area (TPSA) is 32.7 Å². The Labute approximate surface area is 115 Å². The van der Waals surface area contributed by atoms with Crippen LogP contribution in [0.2, 0.25) is 0 Å². The highest BCUT2D eigenvalue weighted by Crippen LogP contribution is 2.08. The number of rotatable bonds is 6. The highest BCUT2D eigenvalue weighted by Gasteiger charge is 2.15. The predicted octanol–water partition coefficient (Wildman–Crippen LogP) is -1.34. The second kappa shape index (κ2) is 8.48. The maximum atomic E-state index is 9.82. The van der Waals surface area contributed by atoms with Gasteiger partial charge in [0.2, 0.25) is 0 Å². The smallest absolute Gasteiger partial charge is 0.0900 e. The fraction of sp³-hybridized carbons (Fsp3) is 0.571. The fourth-order valence-corrected chi connectivity index (χ4v) is 2.20. The van der Waals surface area contributed by atoms with Crippen molar-refractivity contribution in [2.45, 2.75) is 25.6 Å². The molecule has 0 amide bonds. The molecule has 1 saturated heterocycles. The Hall–Kier alpha value is -0.610. The molecule has 1 fully saturated rings. The van der Waals surface area contributed by atoms with Crippen molar-refractivity contribution in [3.05, 3.63) is 35.9 Å². The molecule has 18 heavy (non-hydrogen) atoms. The van der Waals surface area contributed by atoms with Gasteiger partial charge in [-0.2, -0.15) is 0 Å². The molecule has 1 heterocycles. The normalized spacial score (nSPS) is 17.4. The molecule has 4 heteroatoms. The van der Waals surface area contributed by atoms with Gasteiger partial charge in [-0.1, -0.05) is 30.3 Å². The molecule has 0 saturated carbocycles. The molecule has 0 bridgehead atoms. The molecule has 1 aromatic carbocycles. The van der Waals surface area contributed by atoms with Crippen molar-refractivity contribution in [3.63, 3.8) is 0 Å². The third-order valence-corrected chi connectivity index (χ3v) is 3.09. The van der Waals surface area contributed by atoms with Gasteiger partial charge in [0.1, 0.15) is 0 Å². The molecule has 2 rings (SSSR count). The van der Waals surface area contributed by atoms with E-state index in [2.05, 4.69) is 4.90 Å². The SMILES string of the molecule is OC(COCc1ccccc1)CN1CCCC1.[Cl-]. The molecule has 1 atom stereocenters. The van der Waals surface area contributed by atoms with Gasteiger partial charge in [0.25, 0.3) is 0 Å². The van der Waals surface area contributed by atoms with Gasteiger partial charge in [0.05, 0.1) is 19.3 Å². The Balaban J connectivity index is 0.00000162. The zero-order valence-electron chi connectivity index (χ0n) is 10.6. The lowest BCUT2D eigenvalue weighted by molar-refractivity contribution is -0.00000795. The van der Waals surface area contributed by atoms with E-state index in [4.69, 9.17) is 4.74 Å². The average Bonchev–Trinajstić information content (AvgIpc) is 2.83. The van der Waals surface area contributed by atoms with E-state index in [-0.39, 0.29) is 18.5 Å². The van der Waals surface area contributed by atoms with Gasteiger partial charge in [-0.25, -0.2) is 0 Å². The van der Waals surface area contributed by atoms with Crippen LogP contribution in [0.1, 0.15) is 18.4 Å². The monoisotopic (exact) mass is 270 g/mol. The fourth-order valence-electron chi connectivity index (χ4n) is 2.20. The van der Waals surface area contributed by atoms with Gasteiger partial charge in [-0.05, 0) is 31.5 Å². The van der Waals surface area contributed by atoms with Crippen LogP contribution in [0.25, 0.3) is 0 Å². The van der Waals surface area contributed by atoms with Crippen LogP contribution in [-0.4, -0.2) is 42.4 Å². The Kier molecular flexibility index (Phi) is 7.28. The van der Waals surface area contributed by atoms with Crippen molar-refractivity contribution in [1.29, 1.82) is 0 Å². The molecule has 1 aliphatic rings. The van der Waals surface area contributed by atoms with Crippen molar-refractivity contribution in [2.75, 3.05) is 26.2 Å². The number of nitrogens with zero attached hydrogens (tertiary/aromatic N) is 1. The number of benzene rings is 1. The van der Waals surface area contributed by atoms with E-state index in [0.29, 0.717) is 13.2 Å². The van der Waals surface area contributed by atoms with Gasteiger partial charge in [-0.3, -0.25) is 0 Å². The first kappa shape index (κ1) is 15.4. The van der Waals surface area contributed by atoms with Crippen molar-refractivity contribution in [1.82, 2.24) is 4.90 Å². The van der Waals surface area contributed by atoms with Gasteiger partial charge in [0, 0.05) is 6.54 Å². The summed E-state index contributed by atoms with van der Waals surface area (Å²) < 4.78 is 5.52. The van der Waals surface area contributed by atoms with Crippen molar-refractivity contribution in [2.24, 2.45) is 0 Å². The molecule has 0 aliphatic carbocycles. The molecule has 0 spiro atoms. The van der Waals surface area contributed by atoms with Crippen LogP contribution < -0.4 is 12.4 Å². The Morgan fingerprint density at radius 1 is 1.17 bits per heavy atom. The number of likely N-dealkylation sites (tertiary alicyclic amines) is 1. The Bertz CT molecular complexity index is 315. The summed E-state index contributed by atoms with van der Waals surface area (Å²) in [5.41, 5.74) is 1.15. The first-order chi connectivity index (χ1) is 8.34. The zero-order valence-corrected chi connectivity index (χ0v) is 11.4. The number of β-amino-alcohol motifs (C(OH)–C–C–N with tert-alkyl or cyclic N) is 1. The minimum absolute atomic E-state index is 0. The molecule has 1 unspecified atom stereocenters. The minimum atomic E-state index is -0.364. The summed E-state index contributed by atoms with van der Waals surface area (Å²) in [4.78, 5) is 2.30. The molecule has 0 radical (unpaired) electrons. The van der Waals surface area contributed by atoms with Crippen LogP contribution >= 0.6 is 0 Å². The summed E-state index contributed by atoms with van der Waals surface area (Å²) in [6.45, 7) is 3.99. The molecule has 3 nitrogen and oxygen atoms in total. The van der Waals surface area contributed by atoms with Crippen LogP contribution in [0.15, 0.2) is 30.3 Å². The number of ether oxygens (including phenoxy) is 1. The van der Waals surface area contributed by atoms with E-state index in [1.54, 1.807) is 0 Å². The molecule has 102 valence electrons. The van der Waals surface area contributed by atoms with Crippen molar-refractivity contribution < 1.29 is 22.3 Å². The quantitative estimate of drug-likeness (QED) is 0.695. The van der Waals surface area contributed by atoms with E-state index < -0.39 is 0 Å². The van der Waals surface area contributed by atoms with Gasteiger partial charge >= 0.3 is 0 Å². The standard InChI is InChI=1S/C14H21NO2.ClH/c16-14(10-15-8-4-5-9-15)12-17-11-13-6-2-1-3-7-13;/h1-3,6-7,14,16H,4-5,8-12H2;1H/p-1. The number of hydrogen-bond acceptors (Lipinski definition) is 3. The predicted molar refractivity (Wildman–Crippen MR) is 67.8 cm³/mol. The van der Waals surface area contributed by atoms with Crippen molar-refractivity contribution >= 4 is 0 Å². The second-order valence-electron chi connectivity index (χ2n) is 4.66. The zero-order chi connectivity index (χ0) is 11.9. The lowest BCUT2D eigenvalue weighted by Crippen LogP contribution is -3.00. The van der Waals surface area contributed by atoms with E-state index in [0.717, 1.165) is 25.2 Å². The van der Waals surface area contributed by atoms with E-state index in [1.165, 1.54) is 12.8 Å². The lowest BCUT2D eigenvalue weighted by atomic mass is 10.2. The van der Waals surface area contributed by atoms with Crippen molar-refractivity contribution in [3.8, 4) is 0 Å². The third-order valence-electron chi connectivity index (χ3n) is 3.09. The van der Waals surface area contributed by atoms with Crippen LogP contribution in [0.3, 0.4) is 0 Å². The van der Waals surface area contributed by atoms with Crippen LogP contribution in [0.4, 0.5) is 0 Å². The third kappa shape index (κ3) is 5.36. The molecule has 0 aromatic heterocycles. The van der Waals surface area contributed by atoms with Crippen LogP contribution in [-0.2, 0) is 11.3 Å². The van der Waals surface area contributed by atoms with E-state index in [9.17, 15) is 5.11 Å². The number of aliphatic hydroxyl groups excluding tert-OH is 1. The summed E-state index contributed by atoms with van der Waals surface area (Å²) in [7, 11) is 0. The van der Waals surface area contributed by atoms with Gasteiger partial charge in [-0.15, -0.1) is 0 Å². The molecular formula is C14H21ClNO2-. The van der Waals surface area contributed by atoms with E-state index in [1.807, 2.05) is 30.3 Å². The molecule has 1 aliphatic heterocycles. The average molecular weight is 271 g/mol. The van der Waals surface area contributed by atoms with Crippen LogP contribution in [0, 0.1) is 0 Å². The number of aliphatic hydroxyl groups is 1. The first-order valence-electron chi connectivity index (χ1n) is 6.36. The minimum Gasteiger partial charge on any atom is -1.00 e. The summed E-state index contributed by atoms with van der Waals surface area (Å²) in [5.74, 6) is 0. The Morgan fingerprint density at radius 2 is 1.83 bits per heavy atom. The maximum Gasteiger partial charge on any atom is 0.0900 e. The summed E-state index contributed by atoms with van der Waals surface area (Å²) in [6, 6.07) is 10.1. The summed E-state index contributed by atoms with van der Waals surface area (Å²) >= 11 is 0. The molecule has 1 N–H and O–H groups in total. The molecule has 1 aromatic rings. The number of hydrogen-bond donors (Lipinski definition) is 1. The van der Waals surface area contributed by atoms with Gasteiger partial charge < -0.3 is 27.2 Å². The lowest BCUT2D eigenvalue weighted by Gasteiger charge is -2.19.